The Bertz CT molecular complexity index is 722. The summed E-state index contributed by atoms with van der Waals surface area (Å²) in [5, 5.41) is 1.93. The number of nitrogens with two attached hydrogens (primary N) is 1. The Hall–Kier alpha value is -2.03. The Morgan fingerprint density at radius 3 is 2.92 bits per heavy atom. The average Bonchev–Trinajstić information content (AvgIpc) is 2.92. The molecule has 3 rings (SSSR count). The topological polar surface area (TPSA) is 93.9 Å². The van der Waals surface area contributed by atoms with Gasteiger partial charge in [0.1, 0.15) is 12.4 Å². The zero-order chi connectivity index (χ0) is 18.5. The number of amides is 2. The highest BCUT2D eigenvalue weighted by atomic mass is 32.2. The maximum Gasteiger partial charge on any atom is 0.290 e. The summed E-state index contributed by atoms with van der Waals surface area (Å²) in [4.78, 5) is 25.9. The lowest BCUT2D eigenvalue weighted by Gasteiger charge is -2.34. The number of hydrogen-bond acceptors (Lipinski definition) is 7. The van der Waals surface area contributed by atoms with Gasteiger partial charge in [0, 0.05) is 31.8 Å². The van der Waals surface area contributed by atoms with Crippen molar-refractivity contribution in [2.24, 2.45) is 5.73 Å². The second-order valence-electron chi connectivity index (χ2n) is 6.24. The van der Waals surface area contributed by atoms with Gasteiger partial charge in [-0.1, -0.05) is 12.1 Å². The molecule has 0 saturated carbocycles. The average molecular weight is 377 g/mol. The number of hydrogen-bond donors (Lipinski definition) is 2. The van der Waals surface area contributed by atoms with Crippen LogP contribution in [0.1, 0.15) is 18.4 Å². The van der Waals surface area contributed by atoms with E-state index in [4.69, 9.17) is 15.2 Å². The van der Waals surface area contributed by atoms with Gasteiger partial charge in [-0.05, 0) is 36.7 Å². The molecular weight excluding hydrogens is 354 g/mol. The molecule has 26 heavy (non-hydrogen) atoms. The van der Waals surface area contributed by atoms with E-state index in [2.05, 4.69) is 10.2 Å². The second-order valence-corrected chi connectivity index (χ2v) is 7.25. The molecule has 0 unspecified atom stereocenters. The van der Waals surface area contributed by atoms with Crippen LogP contribution in [-0.2, 0) is 9.53 Å². The lowest BCUT2D eigenvalue weighted by Crippen LogP contribution is -2.43. The number of rotatable bonds is 6. The second kappa shape index (κ2) is 8.57. The van der Waals surface area contributed by atoms with E-state index in [1.807, 2.05) is 18.2 Å². The fraction of sp³-hybridized carbons (Fsp3) is 0.444. The molecule has 1 atom stereocenters. The van der Waals surface area contributed by atoms with Crippen molar-refractivity contribution in [1.82, 2.24) is 5.32 Å². The minimum absolute atomic E-state index is 0.0991. The Kier molecular flexibility index (Phi) is 6.18. The molecule has 0 aromatic heterocycles. The molecule has 8 heteroatoms. The molecule has 0 bridgehead atoms. The van der Waals surface area contributed by atoms with Gasteiger partial charge < -0.3 is 20.1 Å². The lowest BCUT2D eigenvalue weighted by molar-refractivity contribution is -0.115. The van der Waals surface area contributed by atoms with Crippen molar-refractivity contribution in [3.8, 4) is 5.75 Å². The number of imide groups is 1. The van der Waals surface area contributed by atoms with Gasteiger partial charge in [-0.3, -0.25) is 14.9 Å². The molecule has 2 aliphatic rings. The first-order valence-electron chi connectivity index (χ1n) is 8.58. The van der Waals surface area contributed by atoms with Crippen LogP contribution < -0.4 is 20.7 Å². The Morgan fingerprint density at radius 2 is 2.23 bits per heavy atom. The molecule has 1 aromatic rings. The van der Waals surface area contributed by atoms with Gasteiger partial charge in [-0.25, -0.2) is 0 Å². The summed E-state index contributed by atoms with van der Waals surface area (Å²) < 4.78 is 11.0. The monoisotopic (exact) mass is 377 g/mol. The molecule has 2 saturated heterocycles. The maximum atomic E-state index is 11.9. The normalized spacial score (nSPS) is 22.0. The highest BCUT2D eigenvalue weighted by Crippen LogP contribution is 2.37. The molecular formula is C18H23N3O4S. The van der Waals surface area contributed by atoms with Crippen LogP contribution in [0.5, 0.6) is 5.75 Å². The smallest absolute Gasteiger partial charge is 0.290 e. The first-order valence-corrected chi connectivity index (χ1v) is 9.40. The molecule has 140 valence electrons. The van der Waals surface area contributed by atoms with E-state index in [0.29, 0.717) is 18.1 Å². The zero-order valence-corrected chi connectivity index (χ0v) is 15.5. The standard InChI is InChI=1S/C18H23N3O4S/c1-24-8-9-25-14-6-2-4-12(10-15-17(22)20-18(23)26-15)16(14)21-7-3-5-13(19)11-21/h2,4,6,10,13H,3,5,7-9,11,19H2,1H3,(H,20,22,23)/t13-/m1/s1. The van der Waals surface area contributed by atoms with Crippen LogP contribution in [-0.4, -0.2) is 50.6 Å². The minimum atomic E-state index is -0.369. The number of ether oxygens (including phenoxy) is 2. The summed E-state index contributed by atoms with van der Waals surface area (Å²) in [6, 6.07) is 5.80. The number of anilines is 1. The van der Waals surface area contributed by atoms with Crippen LogP contribution in [0, 0.1) is 0 Å². The van der Waals surface area contributed by atoms with Gasteiger partial charge in [0.05, 0.1) is 17.2 Å². The number of carbonyl (C=O) groups is 2. The first-order chi connectivity index (χ1) is 12.6. The Morgan fingerprint density at radius 1 is 1.38 bits per heavy atom. The SMILES string of the molecule is COCCOc1cccc(C=C2SC(=O)NC2=O)c1N1CCC[C@@H](N)C1. The van der Waals surface area contributed by atoms with Crippen LogP contribution in [0.4, 0.5) is 10.5 Å². The molecule has 3 N–H and O–H groups in total. The van der Waals surface area contributed by atoms with Crippen molar-refractivity contribution in [2.45, 2.75) is 18.9 Å². The Balaban J connectivity index is 1.97. The zero-order valence-electron chi connectivity index (χ0n) is 14.7. The minimum Gasteiger partial charge on any atom is -0.489 e. The van der Waals surface area contributed by atoms with Crippen LogP contribution in [0.3, 0.4) is 0 Å². The number of nitrogens with one attached hydrogen (secondary N) is 1. The molecule has 2 aliphatic heterocycles. The van der Waals surface area contributed by atoms with Crippen molar-refractivity contribution in [3.05, 3.63) is 28.7 Å². The van der Waals surface area contributed by atoms with Gasteiger partial charge in [0.2, 0.25) is 0 Å². The van der Waals surface area contributed by atoms with E-state index in [9.17, 15) is 9.59 Å². The van der Waals surface area contributed by atoms with Gasteiger partial charge in [-0.2, -0.15) is 0 Å². The summed E-state index contributed by atoms with van der Waals surface area (Å²) in [6.45, 7) is 2.50. The quantitative estimate of drug-likeness (QED) is 0.578. The van der Waals surface area contributed by atoms with E-state index in [1.165, 1.54) is 0 Å². The highest BCUT2D eigenvalue weighted by Gasteiger charge is 2.27. The summed E-state index contributed by atoms with van der Waals surface area (Å²) in [7, 11) is 1.63. The number of carbonyl (C=O) groups excluding carboxylic acids is 2. The summed E-state index contributed by atoms with van der Waals surface area (Å²) in [5.74, 6) is 0.354. The number of benzene rings is 1. The number of piperidine rings is 1. The molecule has 2 heterocycles. The maximum absolute atomic E-state index is 11.9. The predicted octanol–water partition coefficient (Wildman–Crippen LogP) is 1.96. The van der Waals surface area contributed by atoms with Crippen LogP contribution in [0.25, 0.3) is 6.08 Å². The van der Waals surface area contributed by atoms with Gasteiger partial charge in [0.15, 0.2) is 0 Å². The van der Waals surface area contributed by atoms with Crippen molar-refractivity contribution >= 4 is 34.7 Å². The first kappa shape index (κ1) is 18.8. The van der Waals surface area contributed by atoms with E-state index < -0.39 is 0 Å². The van der Waals surface area contributed by atoms with Gasteiger partial charge in [0.25, 0.3) is 11.1 Å². The third-order valence-electron chi connectivity index (χ3n) is 4.28. The van der Waals surface area contributed by atoms with E-state index in [0.717, 1.165) is 54.7 Å². The fourth-order valence-corrected chi connectivity index (χ4v) is 3.79. The largest absolute Gasteiger partial charge is 0.489 e. The van der Waals surface area contributed by atoms with Crippen molar-refractivity contribution < 1.29 is 19.1 Å². The molecule has 2 amide bonds. The molecule has 0 radical (unpaired) electrons. The molecule has 1 aromatic carbocycles. The molecule has 0 spiro atoms. The van der Waals surface area contributed by atoms with Crippen molar-refractivity contribution in [1.29, 1.82) is 0 Å². The number of methoxy groups -OCH3 is 1. The molecule has 0 aliphatic carbocycles. The van der Waals surface area contributed by atoms with Crippen LogP contribution in [0.2, 0.25) is 0 Å². The third kappa shape index (κ3) is 4.38. The fourth-order valence-electron chi connectivity index (χ4n) is 3.12. The van der Waals surface area contributed by atoms with Crippen molar-refractivity contribution in [3.63, 3.8) is 0 Å². The van der Waals surface area contributed by atoms with Crippen LogP contribution in [0.15, 0.2) is 23.1 Å². The predicted molar refractivity (Wildman–Crippen MR) is 102 cm³/mol. The molecule has 2 fully saturated rings. The van der Waals surface area contributed by atoms with E-state index in [1.54, 1.807) is 13.2 Å². The number of thioether (sulfide) groups is 1. The molecule has 7 nitrogen and oxygen atoms in total. The van der Waals surface area contributed by atoms with E-state index >= 15 is 0 Å². The van der Waals surface area contributed by atoms with Crippen LogP contribution >= 0.6 is 11.8 Å². The van der Waals surface area contributed by atoms with Gasteiger partial charge >= 0.3 is 0 Å². The highest BCUT2D eigenvalue weighted by molar-refractivity contribution is 8.18. The van der Waals surface area contributed by atoms with Crippen molar-refractivity contribution in [2.75, 3.05) is 38.3 Å². The summed E-state index contributed by atoms with van der Waals surface area (Å²) in [6.07, 6.45) is 3.73. The summed E-state index contributed by atoms with van der Waals surface area (Å²) >= 11 is 0.909. The summed E-state index contributed by atoms with van der Waals surface area (Å²) in [5.41, 5.74) is 7.89. The number of para-hydroxylation sites is 1. The third-order valence-corrected chi connectivity index (χ3v) is 5.09. The van der Waals surface area contributed by atoms with E-state index in [-0.39, 0.29) is 17.2 Å². The van der Waals surface area contributed by atoms with Gasteiger partial charge in [-0.15, -0.1) is 0 Å². The Labute approximate surface area is 156 Å². The lowest BCUT2D eigenvalue weighted by atomic mass is 10.0. The number of nitrogens with zero attached hydrogens (tertiary/aromatic N) is 1.